The zero-order chi connectivity index (χ0) is 22.1. The van der Waals surface area contributed by atoms with Gasteiger partial charge < -0.3 is 15.4 Å². The highest BCUT2D eigenvalue weighted by Gasteiger charge is 2.39. The van der Waals surface area contributed by atoms with Crippen molar-refractivity contribution in [1.29, 1.82) is 0 Å². The smallest absolute Gasteiger partial charge is 0.257 e. The van der Waals surface area contributed by atoms with Crippen LogP contribution in [0.4, 0.5) is 11.4 Å². The molecule has 0 fully saturated rings. The molecule has 162 valence electrons. The SMILES string of the molecule is CCOc1ccc(NC(=O)c2cccc3c2NC(c2ccccc2Cl)C2CC=CC32)cc1. The summed E-state index contributed by atoms with van der Waals surface area (Å²) in [7, 11) is 0. The zero-order valence-electron chi connectivity index (χ0n) is 17.8. The van der Waals surface area contributed by atoms with E-state index in [2.05, 4.69) is 34.9 Å². The molecule has 0 saturated carbocycles. The lowest BCUT2D eigenvalue weighted by Gasteiger charge is -2.38. The lowest BCUT2D eigenvalue weighted by molar-refractivity contribution is 0.102. The average Bonchev–Trinajstić information content (AvgIpc) is 3.30. The first-order valence-corrected chi connectivity index (χ1v) is 11.4. The van der Waals surface area contributed by atoms with E-state index in [0.29, 0.717) is 18.1 Å². The summed E-state index contributed by atoms with van der Waals surface area (Å²) >= 11 is 6.57. The van der Waals surface area contributed by atoms with Gasteiger partial charge in [-0.05, 0) is 66.8 Å². The van der Waals surface area contributed by atoms with Crippen LogP contribution < -0.4 is 15.4 Å². The number of carbonyl (C=O) groups excluding carboxylic acids is 1. The molecule has 1 aliphatic carbocycles. The molecule has 2 aliphatic rings. The number of allylic oxidation sites excluding steroid dienone is 2. The van der Waals surface area contributed by atoms with Gasteiger partial charge in [0.25, 0.3) is 5.91 Å². The minimum absolute atomic E-state index is 0.0376. The van der Waals surface area contributed by atoms with Crippen LogP contribution >= 0.6 is 11.6 Å². The van der Waals surface area contributed by atoms with Crippen LogP contribution in [-0.2, 0) is 0 Å². The third-order valence-corrected chi connectivity index (χ3v) is 6.65. The standard InChI is InChI=1S/C27H25ClN2O2/c1-2-32-18-15-13-17(14-16-18)29-27(31)23-11-6-10-21-19-8-5-9-20(19)25(30-26(21)23)22-7-3-4-12-24(22)28/h3-8,10-16,19-20,25,30H,2,9H2,1H3,(H,29,31). The summed E-state index contributed by atoms with van der Waals surface area (Å²) < 4.78 is 5.49. The van der Waals surface area contributed by atoms with Crippen molar-refractivity contribution in [3.05, 3.63) is 101 Å². The first kappa shape index (κ1) is 20.7. The van der Waals surface area contributed by atoms with Gasteiger partial charge in [-0.1, -0.05) is 54.1 Å². The Morgan fingerprint density at radius 1 is 1.06 bits per heavy atom. The number of fused-ring (bicyclic) bond motifs is 3. The van der Waals surface area contributed by atoms with Gasteiger partial charge in [0.05, 0.1) is 23.9 Å². The average molecular weight is 445 g/mol. The van der Waals surface area contributed by atoms with Crippen molar-refractivity contribution in [3.63, 3.8) is 0 Å². The van der Waals surface area contributed by atoms with Crippen molar-refractivity contribution in [2.24, 2.45) is 5.92 Å². The summed E-state index contributed by atoms with van der Waals surface area (Å²) in [6, 6.07) is 21.4. The summed E-state index contributed by atoms with van der Waals surface area (Å²) in [6.45, 7) is 2.55. The van der Waals surface area contributed by atoms with Crippen LogP contribution in [0.2, 0.25) is 5.02 Å². The molecule has 3 unspecified atom stereocenters. The Morgan fingerprint density at radius 3 is 2.62 bits per heavy atom. The highest BCUT2D eigenvalue weighted by Crippen LogP contribution is 2.51. The van der Waals surface area contributed by atoms with Gasteiger partial charge in [0, 0.05) is 16.6 Å². The number of carbonyl (C=O) groups is 1. The Hall–Kier alpha value is -3.24. The Balaban J connectivity index is 1.48. The lowest BCUT2D eigenvalue weighted by Crippen LogP contribution is -2.31. The van der Waals surface area contributed by atoms with Gasteiger partial charge in [-0.3, -0.25) is 4.79 Å². The summed E-state index contributed by atoms with van der Waals surface area (Å²) in [5.41, 5.74) is 4.47. The van der Waals surface area contributed by atoms with Gasteiger partial charge in [0.1, 0.15) is 5.75 Å². The predicted molar refractivity (Wildman–Crippen MR) is 130 cm³/mol. The number of nitrogens with one attached hydrogen (secondary N) is 2. The monoisotopic (exact) mass is 444 g/mol. The molecule has 1 heterocycles. The maximum atomic E-state index is 13.3. The van der Waals surface area contributed by atoms with Crippen LogP contribution in [0.3, 0.4) is 0 Å². The third-order valence-electron chi connectivity index (χ3n) is 6.30. The Bertz CT molecular complexity index is 1170. The number of benzene rings is 3. The van der Waals surface area contributed by atoms with E-state index >= 15 is 0 Å². The quantitative estimate of drug-likeness (QED) is 0.424. The number of rotatable bonds is 5. The number of para-hydroxylation sites is 1. The van der Waals surface area contributed by atoms with Crippen LogP contribution in [0.25, 0.3) is 0 Å². The molecule has 2 N–H and O–H groups in total. The van der Waals surface area contributed by atoms with Gasteiger partial charge in [-0.15, -0.1) is 0 Å². The van der Waals surface area contributed by atoms with Gasteiger partial charge in [0.15, 0.2) is 0 Å². The minimum atomic E-state index is -0.142. The normalized spacial score (nSPS) is 20.8. The number of hydrogen-bond donors (Lipinski definition) is 2. The Morgan fingerprint density at radius 2 is 1.84 bits per heavy atom. The molecular weight excluding hydrogens is 420 g/mol. The van der Waals surface area contributed by atoms with Gasteiger partial charge >= 0.3 is 0 Å². The minimum Gasteiger partial charge on any atom is -0.494 e. The molecular formula is C27H25ClN2O2. The maximum Gasteiger partial charge on any atom is 0.257 e. The van der Waals surface area contributed by atoms with E-state index in [-0.39, 0.29) is 17.9 Å². The fourth-order valence-electron chi connectivity index (χ4n) is 4.85. The van der Waals surface area contributed by atoms with Gasteiger partial charge in [-0.25, -0.2) is 0 Å². The molecule has 4 nitrogen and oxygen atoms in total. The molecule has 0 bridgehead atoms. The van der Waals surface area contributed by atoms with Crippen LogP contribution in [0.1, 0.15) is 46.8 Å². The maximum absolute atomic E-state index is 13.3. The first-order chi connectivity index (χ1) is 15.7. The van der Waals surface area contributed by atoms with Crippen molar-refractivity contribution in [3.8, 4) is 5.75 Å². The van der Waals surface area contributed by atoms with Crippen LogP contribution in [0.5, 0.6) is 5.75 Å². The first-order valence-electron chi connectivity index (χ1n) is 11.0. The van der Waals surface area contributed by atoms with Crippen LogP contribution in [-0.4, -0.2) is 12.5 Å². The molecule has 5 rings (SSSR count). The van der Waals surface area contributed by atoms with E-state index in [1.54, 1.807) is 0 Å². The van der Waals surface area contributed by atoms with E-state index in [0.717, 1.165) is 39.7 Å². The van der Waals surface area contributed by atoms with E-state index in [4.69, 9.17) is 16.3 Å². The van der Waals surface area contributed by atoms with Crippen molar-refractivity contribution in [2.45, 2.75) is 25.3 Å². The molecule has 5 heteroatoms. The molecule has 1 amide bonds. The predicted octanol–water partition coefficient (Wildman–Crippen LogP) is 6.82. The highest BCUT2D eigenvalue weighted by atomic mass is 35.5. The second-order valence-electron chi connectivity index (χ2n) is 8.18. The van der Waals surface area contributed by atoms with Crippen molar-refractivity contribution >= 4 is 28.9 Å². The fraction of sp³-hybridized carbons (Fsp3) is 0.222. The van der Waals surface area contributed by atoms with Gasteiger partial charge in [0.2, 0.25) is 0 Å². The van der Waals surface area contributed by atoms with E-state index in [1.807, 2.05) is 61.5 Å². The molecule has 0 saturated heterocycles. The molecule has 3 aromatic carbocycles. The largest absolute Gasteiger partial charge is 0.494 e. The molecule has 3 aromatic rings. The second-order valence-corrected chi connectivity index (χ2v) is 8.59. The molecule has 0 radical (unpaired) electrons. The third kappa shape index (κ3) is 3.76. The highest BCUT2D eigenvalue weighted by molar-refractivity contribution is 6.31. The number of ether oxygens (including phenoxy) is 1. The van der Waals surface area contributed by atoms with Crippen LogP contribution in [0.15, 0.2) is 78.9 Å². The van der Waals surface area contributed by atoms with Crippen molar-refractivity contribution in [1.82, 2.24) is 0 Å². The second kappa shape index (κ2) is 8.71. The fourth-order valence-corrected chi connectivity index (χ4v) is 5.10. The Kier molecular flexibility index (Phi) is 5.62. The summed E-state index contributed by atoms with van der Waals surface area (Å²) in [5, 5.41) is 7.45. The Labute approximate surface area is 193 Å². The molecule has 3 atom stereocenters. The van der Waals surface area contributed by atoms with E-state index in [9.17, 15) is 4.79 Å². The number of anilines is 2. The van der Waals surface area contributed by atoms with Crippen molar-refractivity contribution < 1.29 is 9.53 Å². The summed E-state index contributed by atoms with van der Waals surface area (Å²) in [6.07, 6.45) is 5.49. The topological polar surface area (TPSA) is 50.4 Å². The molecule has 1 aliphatic heterocycles. The van der Waals surface area contributed by atoms with Crippen LogP contribution in [0, 0.1) is 5.92 Å². The molecule has 0 spiro atoms. The number of hydrogen-bond acceptors (Lipinski definition) is 3. The van der Waals surface area contributed by atoms with Gasteiger partial charge in [-0.2, -0.15) is 0 Å². The van der Waals surface area contributed by atoms with E-state index in [1.165, 1.54) is 0 Å². The molecule has 32 heavy (non-hydrogen) atoms. The summed E-state index contributed by atoms with van der Waals surface area (Å²) in [4.78, 5) is 13.3. The molecule has 0 aromatic heterocycles. The number of halogens is 1. The van der Waals surface area contributed by atoms with E-state index < -0.39 is 0 Å². The summed E-state index contributed by atoms with van der Waals surface area (Å²) in [5.74, 6) is 1.26. The lowest BCUT2D eigenvalue weighted by atomic mass is 9.76. The zero-order valence-corrected chi connectivity index (χ0v) is 18.6. The van der Waals surface area contributed by atoms with Crippen molar-refractivity contribution in [2.75, 3.05) is 17.2 Å². The number of amides is 1.